The van der Waals surface area contributed by atoms with Crippen LogP contribution in [0.1, 0.15) is 32.0 Å². The Kier molecular flexibility index (Phi) is 3.31. The van der Waals surface area contributed by atoms with Gasteiger partial charge in [0, 0.05) is 18.8 Å². The van der Waals surface area contributed by atoms with Crippen LogP contribution in [0.15, 0.2) is 24.5 Å². The molecule has 0 N–H and O–H groups in total. The topological polar surface area (TPSA) is 45.8 Å². The van der Waals surface area contributed by atoms with Gasteiger partial charge >= 0.3 is 0 Å². The molecule has 0 saturated heterocycles. The van der Waals surface area contributed by atoms with Crippen molar-refractivity contribution in [1.82, 2.24) is 4.57 Å². The van der Waals surface area contributed by atoms with Gasteiger partial charge in [-0.2, -0.15) is 5.26 Å². The number of hydrogen-bond donors (Lipinski definition) is 0. The molecule has 0 unspecified atom stereocenters. The van der Waals surface area contributed by atoms with E-state index >= 15 is 0 Å². The molecule has 0 aliphatic carbocycles. The fraction of sp³-hybridized carbons (Fsp3) is 0.500. The molecule has 0 fully saturated rings. The van der Waals surface area contributed by atoms with Crippen LogP contribution in [0.5, 0.6) is 0 Å². The molecule has 0 spiro atoms. The van der Waals surface area contributed by atoms with E-state index in [-0.39, 0.29) is 23.7 Å². The van der Waals surface area contributed by atoms with Crippen LogP contribution in [-0.2, 0) is 0 Å². The molecule has 0 aliphatic heterocycles. The first-order valence-corrected chi connectivity index (χ1v) is 5.01. The monoisotopic (exact) mass is 204 g/mol. The third-order valence-corrected chi connectivity index (χ3v) is 2.47. The van der Waals surface area contributed by atoms with Crippen LogP contribution in [0, 0.1) is 22.7 Å². The van der Waals surface area contributed by atoms with Crippen LogP contribution in [0.3, 0.4) is 0 Å². The summed E-state index contributed by atoms with van der Waals surface area (Å²) in [5.41, 5.74) is -0.155. The summed E-state index contributed by atoms with van der Waals surface area (Å²) in [4.78, 5) is 11.7. The van der Waals surface area contributed by atoms with Gasteiger partial charge in [-0.1, -0.05) is 20.8 Å². The van der Waals surface area contributed by atoms with Gasteiger partial charge in [0.1, 0.15) is 0 Å². The molecule has 0 bridgehead atoms. The first-order valence-electron chi connectivity index (χ1n) is 5.01. The lowest BCUT2D eigenvalue weighted by atomic mass is 9.79. The third kappa shape index (κ3) is 2.95. The molecule has 1 aromatic heterocycles. The van der Waals surface area contributed by atoms with Gasteiger partial charge < -0.3 is 0 Å². The summed E-state index contributed by atoms with van der Waals surface area (Å²) < 4.78 is 1.52. The molecule has 0 aromatic carbocycles. The number of carbonyl (C=O) groups excluding carboxylic acids is 1. The molecule has 0 aliphatic rings. The molecular weight excluding hydrogens is 188 g/mol. The predicted molar refractivity (Wildman–Crippen MR) is 58.2 cm³/mol. The standard InChI is InChI=1S/C12H16N2O/c1-12(2,3)10(9-13)8-11(15)14-6-4-5-7-14/h4-7,10H,8H2,1-3H3/t10-/m1/s1. The van der Waals surface area contributed by atoms with Gasteiger partial charge in [-0.25, -0.2) is 0 Å². The fourth-order valence-electron chi connectivity index (χ4n) is 1.33. The lowest BCUT2D eigenvalue weighted by Crippen LogP contribution is -2.24. The third-order valence-electron chi connectivity index (χ3n) is 2.47. The molecule has 80 valence electrons. The van der Waals surface area contributed by atoms with Crippen molar-refractivity contribution in [1.29, 1.82) is 5.26 Å². The Balaban J connectivity index is 2.70. The number of rotatable bonds is 2. The van der Waals surface area contributed by atoms with Crippen molar-refractivity contribution in [3.05, 3.63) is 24.5 Å². The summed E-state index contributed by atoms with van der Waals surface area (Å²) in [6.07, 6.45) is 3.69. The molecule has 0 saturated carbocycles. The zero-order valence-electron chi connectivity index (χ0n) is 9.40. The molecule has 1 atom stereocenters. The number of nitrogens with zero attached hydrogens (tertiary/aromatic N) is 2. The maximum absolute atomic E-state index is 11.7. The normalized spacial score (nSPS) is 13.2. The Morgan fingerprint density at radius 3 is 2.33 bits per heavy atom. The van der Waals surface area contributed by atoms with Crippen LogP contribution in [0.2, 0.25) is 0 Å². The summed E-state index contributed by atoms with van der Waals surface area (Å²) in [6.45, 7) is 5.93. The molecule has 0 amide bonds. The first kappa shape index (κ1) is 11.5. The minimum Gasteiger partial charge on any atom is -0.295 e. The van der Waals surface area contributed by atoms with Crippen molar-refractivity contribution >= 4 is 5.91 Å². The Labute approximate surface area is 90.3 Å². The summed E-state index contributed by atoms with van der Waals surface area (Å²) in [7, 11) is 0. The van der Waals surface area contributed by atoms with Gasteiger partial charge in [0.05, 0.1) is 12.0 Å². The van der Waals surface area contributed by atoms with Crippen LogP contribution < -0.4 is 0 Å². The molecule has 1 rings (SSSR count). The van der Waals surface area contributed by atoms with Gasteiger partial charge in [-0.05, 0) is 17.5 Å². The maximum Gasteiger partial charge on any atom is 0.231 e. The van der Waals surface area contributed by atoms with Gasteiger partial charge in [-0.15, -0.1) is 0 Å². The second kappa shape index (κ2) is 4.31. The van der Waals surface area contributed by atoms with E-state index in [1.807, 2.05) is 20.8 Å². The van der Waals surface area contributed by atoms with Gasteiger partial charge in [0.2, 0.25) is 5.91 Å². The highest BCUT2D eigenvalue weighted by molar-refractivity contribution is 5.79. The van der Waals surface area contributed by atoms with Crippen LogP contribution >= 0.6 is 0 Å². The summed E-state index contributed by atoms with van der Waals surface area (Å²) in [5, 5.41) is 9.00. The summed E-state index contributed by atoms with van der Waals surface area (Å²) in [6, 6.07) is 5.80. The van der Waals surface area contributed by atoms with E-state index in [1.165, 1.54) is 4.57 Å². The Bertz CT molecular complexity index is 365. The molecule has 3 nitrogen and oxygen atoms in total. The van der Waals surface area contributed by atoms with Gasteiger partial charge in [0.25, 0.3) is 0 Å². The minimum atomic E-state index is -0.243. The predicted octanol–water partition coefficient (Wildman–Crippen LogP) is 2.70. The first-order chi connectivity index (χ1) is 6.95. The Morgan fingerprint density at radius 2 is 1.93 bits per heavy atom. The SMILES string of the molecule is CC(C)(C)[C@@H](C#N)CC(=O)n1cccc1. The number of nitriles is 1. The minimum absolute atomic E-state index is 0.0264. The average Bonchev–Trinajstić information content (AvgIpc) is 2.64. The molecular formula is C12H16N2O. The van der Waals surface area contributed by atoms with Gasteiger partial charge in [0.15, 0.2) is 0 Å². The second-order valence-corrected chi connectivity index (χ2v) is 4.74. The van der Waals surface area contributed by atoms with Crippen LogP contribution in [-0.4, -0.2) is 10.5 Å². The van der Waals surface area contributed by atoms with E-state index < -0.39 is 0 Å². The number of aromatic nitrogens is 1. The van der Waals surface area contributed by atoms with Crippen LogP contribution in [0.25, 0.3) is 0 Å². The number of carbonyl (C=O) groups is 1. The molecule has 3 heteroatoms. The highest BCUT2D eigenvalue weighted by Crippen LogP contribution is 2.28. The van der Waals surface area contributed by atoms with Gasteiger partial charge in [-0.3, -0.25) is 9.36 Å². The second-order valence-electron chi connectivity index (χ2n) is 4.74. The van der Waals surface area contributed by atoms with Crippen molar-refractivity contribution in [3.63, 3.8) is 0 Å². The van der Waals surface area contributed by atoms with E-state index in [0.29, 0.717) is 0 Å². The van der Waals surface area contributed by atoms with E-state index in [1.54, 1.807) is 24.5 Å². The zero-order valence-corrected chi connectivity index (χ0v) is 9.40. The Morgan fingerprint density at radius 1 is 1.40 bits per heavy atom. The quantitative estimate of drug-likeness (QED) is 0.743. The van der Waals surface area contributed by atoms with Crippen molar-refractivity contribution < 1.29 is 4.79 Å². The van der Waals surface area contributed by atoms with E-state index in [2.05, 4.69) is 6.07 Å². The Hall–Kier alpha value is -1.56. The highest BCUT2D eigenvalue weighted by Gasteiger charge is 2.27. The lowest BCUT2D eigenvalue weighted by molar-refractivity contribution is 0.0861. The fourth-order valence-corrected chi connectivity index (χ4v) is 1.33. The largest absolute Gasteiger partial charge is 0.295 e. The van der Waals surface area contributed by atoms with Crippen molar-refractivity contribution in [2.24, 2.45) is 11.3 Å². The average molecular weight is 204 g/mol. The smallest absolute Gasteiger partial charge is 0.231 e. The lowest BCUT2D eigenvalue weighted by Gasteiger charge is -2.23. The maximum atomic E-state index is 11.7. The van der Waals surface area contributed by atoms with Crippen LogP contribution in [0.4, 0.5) is 0 Å². The molecule has 0 radical (unpaired) electrons. The molecule has 15 heavy (non-hydrogen) atoms. The van der Waals surface area contributed by atoms with Crippen molar-refractivity contribution in [3.8, 4) is 6.07 Å². The van der Waals surface area contributed by atoms with E-state index in [4.69, 9.17) is 5.26 Å². The molecule has 1 aromatic rings. The van der Waals surface area contributed by atoms with Crippen molar-refractivity contribution in [2.75, 3.05) is 0 Å². The highest BCUT2D eigenvalue weighted by atomic mass is 16.1. The zero-order chi connectivity index (χ0) is 11.5. The summed E-state index contributed by atoms with van der Waals surface area (Å²) >= 11 is 0. The number of hydrogen-bond acceptors (Lipinski definition) is 2. The van der Waals surface area contributed by atoms with E-state index in [9.17, 15) is 4.79 Å². The summed E-state index contributed by atoms with van der Waals surface area (Å²) in [5.74, 6) is -0.270. The van der Waals surface area contributed by atoms with Crippen molar-refractivity contribution in [2.45, 2.75) is 27.2 Å². The van der Waals surface area contributed by atoms with E-state index in [0.717, 1.165) is 0 Å². The molecule has 1 heterocycles.